The topological polar surface area (TPSA) is 65.5 Å². The van der Waals surface area contributed by atoms with Crippen LogP contribution in [0.1, 0.15) is 29.8 Å². The fraction of sp³-hybridized carbons (Fsp3) is 0.400. The molecule has 3 atom stereocenters. The van der Waals surface area contributed by atoms with Gasteiger partial charge in [-0.1, -0.05) is 44.2 Å². The molecule has 1 unspecified atom stereocenters. The maximum atomic E-state index is 12.5. The number of hydrogen-bond acceptors (Lipinski definition) is 4. The summed E-state index contributed by atoms with van der Waals surface area (Å²) in [5, 5.41) is 12.6. The molecule has 2 heterocycles. The van der Waals surface area contributed by atoms with Gasteiger partial charge in [-0.25, -0.2) is 0 Å². The minimum absolute atomic E-state index is 0.00595. The zero-order valence-corrected chi connectivity index (χ0v) is 14.7. The average Bonchev–Trinajstić information content (AvgIpc) is 2.59. The average molecular weight is 339 g/mol. The van der Waals surface area contributed by atoms with E-state index in [1.807, 2.05) is 6.07 Å². The Morgan fingerprint density at radius 2 is 1.88 bits per heavy atom. The normalized spacial score (nSPS) is 24.0. The van der Waals surface area contributed by atoms with Gasteiger partial charge in [0.1, 0.15) is 5.75 Å². The number of benzene rings is 1. The summed E-state index contributed by atoms with van der Waals surface area (Å²) in [5.41, 5.74) is 1.71. The molecule has 2 aromatic rings. The first-order valence-corrected chi connectivity index (χ1v) is 8.74. The molecule has 2 N–H and O–H groups in total. The van der Waals surface area contributed by atoms with Crippen LogP contribution in [0.15, 0.2) is 48.8 Å². The molecule has 132 valence electrons. The Morgan fingerprint density at radius 3 is 2.52 bits per heavy atom. The number of pyridine rings is 1. The number of hydrogen-bond donors (Lipinski definition) is 2. The van der Waals surface area contributed by atoms with Crippen LogP contribution in [0.5, 0.6) is 5.75 Å². The van der Waals surface area contributed by atoms with Crippen LogP contribution < -0.4 is 5.32 Å². The molecule has 1 aromatic carbocycles. The first kappa shape index (κ1) is 17.4. The molecule has 0 aliphatic carbocycles. The van der Waals surface area contributed by atoms with Crippen LogP contribution in [-0.4, -0.2) is 40.0 Å². The van der Waals surface area contributed by atoms with Crippen molar-refractivity contribution >= 4 is 5.91 Å². The third kappa shape index (κ3) is 4.37. The minimum atomic E-state index is -0.177. The van der Waals surface area contributed by atoms with Crippen molar-refractivity contribution in [2.45, 2.75) is 26.4 Å². The Morgan fingerprint density at radius 1 is 1.20 bits per heavy atom. The van der Waals surface area contributed by atoms with Gasteiger partial charge in [-0.2, -0.15) is 0 Å². The van der Waals surface area contributed by atoms with Crippen LogP contribution in [0.25, 0.3) is 0 Å². The van der Waals surface area contributed by atoms with Crippen LogP contribution in [0.4, 0.5) is 0 Å². The van der Waals surface area contributed by atoms with E-state index in [4.69, 9.17) is 0 Å². The molecule has 1 aliphatic rings. The van der Waals surface area contributed by atoms with Crippen molar-refractivity contribution in [1.29, 1.82) is 0 Å². The van der Waals surface area contributed by atoms with Crippen molar-refractivity contribution in [2.75, 3.05) is 13.1 Å². The number of aromatic hydroxyl groups is 1. The summed E-state index contributed by atoms with van der Waals surface area (Å²) in [7, 11) is 0. The zero-order chi connectivity index (χ0) is 17.8. The van der Waals surface area contributed by atoms with Gasteiger partial charge in [0.25, 0.3) is 5.91 Å². The van der Waals surface area contributed by atoms with E-state index in [0.29, 0.717) is 17.4 Å². The number of nitrogens with zero attached hydrogens (tertiary/aromatic N) is 2. The van der Waals surface area contributed by atoms with Crippen LogP contribution >= 0.6 is 0 Å². The number of carbonyl (C=O) groups is 1. The van der Waals surface area contributed by atoms with E-state index in [2.05, 4.69) is 53.3 Å². The van der Waals surface area contributed by atoms with E-state index in [0.717, 1.165) is 19.6 Å². The summed E-state index contributed by atoms with van der Waals surface area (Å²) in [5.74, 6) is 0.526. The number of aromatic nitrogens is 1. The third-order valence-corrected chi connectivity index (χ3v) is 4.85. The van der Waals surface area contributed by atoms with Crippen LogP contribution in [-0.2, 0) is 6.54 Å². The summed E-state index contributed by atoms with van der Waals surface area (Å²) in [6.07, 6.45) is 2.80. The number of carbonyl (C=O) groups excluding carboxylic acids is 1. The highest BCUT2D eigenvalue weighted by molar-refractivity contribution is 5.94. The predicted octanol–water partition coefficient (Wildman–Crippen LogP) is 2.67. The van der Waals surface area contributed by atoms with Crippen molar-refractivity contribution in [3.8, 4) is 5.75 Å². The minimum Gasteiger partial charge on any atom is -0.506 e. The largest absolute Gasteiger partial charge is 0.506 e. The summed E-state index contributed by atoms with van der Waals surface area (Å²) in [4.78, 5) is 18.8. The van der Waals surface area contributed by atoms with E-state index in [1.54, 1.807) is 0 Å². The van der Waals surface area contributed by atoms with Gasteiger partial charge in [0.2, 0.25) is 0 Å². The highest BCUT2D eigenvalue weighted by Crippen LogP contribution is 2.24. The molecular formula is C20H25N3O2. The Balaban J connectivity index is 1.61. The van der Waals surface area contributed by atoms with Gasteiger partial charge in [0, 0.05) is 31.9 Å². The van der Waals surface area contributed by atoms with Crippen molar-refractivity contribution < 1.29 is 9.90 Å². The van der Waals surface area contributed by atoms with Gasteiger partial charge in [-0.05, 0) is 23.5 Å². The molecule has 0 saturated carbocycles. The number of nitrogens with one attached hydrogen (secondary N) is 1. The van der Waals surface area contributed by atoms with Gasteiger partial charge in [-0.3, -0.25) is 14.7 Å². The second-order valence-corrected chi connectivity index (χ2v) is 7.07. The fourth-order valence-corrected chi connectivity index (χ4v) is 3.72. The molecule has 1 fully saturated rings. The van der Waals surface area contributed by atoms with Gasteiger partial charge in [0.05, 0.1) is 11.8 Å². The first-order chi connectivity index (χ1) is 12.0. The summed E-state index contributed by atoms with van der Waals surface area (Å²) in [6.45, 7) is 7.19. The molecule has 5 nitrogen and oxygen atoms in total. The lowest BCUT2D eigenvalue weighted by molar-refractivity contribution is 0.0732. The van der Waals surface area contributed by atoms with E-state index < -0.39 is 0 Å². The van der Waals surface area contributed by atoms with Gasteiger partial charge in [0.15, 0.2) is 0 Å². The summed E-state index contributed by atoms with van der Waals surface area (Å²) in [6, 6.07) is 12.0. The highest BCUT2D eigenvalue weighted by atomic mass is 16.3. The van der Waals surface area contributed by atoms with Gasteiger partial charge < -0.3 is 10.4 Å². The molecule has 5 heteroatoms. The lowest BCUT2D eigenvalue weighted by Crippen LogP contribution is -2.54. The zero-order valence-electron chi connectivity index (χ0n) is 14.7. The molecule has 25 heavy (non-hydrogen) atoms. The van der Waals surface area contributed by atoms with Crippen molar-refractivity contribution in [3.05, 3.63) is 59.9 Å². The second kappa shape index (κ2) is 7.66. The summed E-state index contributed by atoms with van der Waals surface area (Å²) >= 11 is 0. The first-order valence-electron chi connectivity index (χ1n) is 8.74. The number of piperidine rings is 1. The van der Waals surface area contributed by atoms with Crippen molar-refractivity contribution in [1.82, 2.24) is 15.2 Å². The standard InChI is InChI=1S/C20H25N3O2/c1-14-11-23(13-16-6-4-3-5-7-16)12-15(2)19(14)22-20(25)17-8-18(24)10-21-9-17/h3-10,14-15,19,24H,11-13H2,1-2H3,(H,22,25)/t14-,15+,19?. The highest BCUT2D eigenvalue weighted by Gasteiger charge is 2.33. The monoisotopic (exact) mass is 339 g/mol. The SMILES string of the molecule is C[C@@H]1CN(Cc2ccccc2)C[C@H](C)C1NC(=O)c1cncc(O)c1. The Hall–Kier alpha value is -2.40. The van der Waals surface area contributed by atoms with Crippen LogP contribution in [0, 0.1) is 11.8 Å². The second-order valence-electron chi connectivity index (χ2n) is 7.07. The number of likely N-dealkylation sites (tertiary alicyclic amines) is 1. The third-order valence-electron chi connectivity index (χ3n) is 4.85. The van der Waals surface area contributed by atoms with E-state index in [1.165, 1.54) is 24.0 Å². The number of rotatable bonds is 4. The smallest absolute Gasteiger partial charge is 0.253 e. The summed E-state index contributed by atoms with van der Waals surface area (Å²) < 4.78 is 0. The lowest BCUT2D eigenvalue weighted by atomic mass is 9.85. The van der Waals surface area contributed by atoms with E-state index >= 15 is 0 Å². The molecule has 1 amide bonds. The maximum absolute atomic E-state index is 12.5. The van der Waals surface area contributed by atoms with Gasteiger partial charge in [-0.15, -0.1) is 0 Å². The molecule has 3 rings (SSSR count). The lowest BCUT2D eigenvalue weighted by Gasteiger charge is -2.41. The molecule has 0 bridgehead atoms. The van der Waals surface area contributed by atoms with Crippen LogP contribution in [0.3, 0.4) is 0 Å². The van der Waals surface area contributed by atoms with Crippen molar-refractivity contribution in [2.24, 2.45) is 11.8 Å². The number of amides is 1. The Kier molecular flexibility index (Phi) is 5.34. The molecular weight excluding hydrogens is 314 g/mol. The molecule has 0 spiro atoms. The predicted molar refractivity (Wildman–Crippen MR) is 97.2 cm³/mol. The molecule has 1 saturated heterocycles. The molecule has 0 radical (unpaired) electrons. The Bertz CT molecular complexity index is 708. The molecule has 1 aromatic heterocycles. The molecule has 1 aliphatic heterocycles. The quantitative estimate of drug-likeness (QED) is 0.899. The van der Waals surface area contributed by atoms with Crippen molar-refractivity contribution in [3.63, 3.8) is 0 Å². The fourth-order valence-electron chi connectivity index (χ4n) is 3.72. The van der Waals surface area contributed by atoms with Crippen LogP contribution in [0.2, 0.25) is 0 Å². The van der Waals surface area contributed by atoms with E-state index in [9.17, 15) is 9.90 Å². The maximum Gasteiger partial charge on any atom is 0.253 e. The Labute approximate surface area is 148 Å². The van der Waals surface area contributed by atoms with Gasteiger partial charge >= 0.3 is 0 Å². The van der Waals surface area contributed by atoms with E-state index in [-0.39, 0.29) is 17.7 Å².